The Labute approximate surface area is 70.6 Å². The van der Waals surface area contributed by atoms with Gasteiger partial charge in [0.25, 0.3) is 0 Å². The second kappa shape index (κ2) is 4.04. The summed E-state index contributed by atoms with van der Waals surface area (Å²) in [7, 11) is 0. The topological polar surface area (TPSA) is 76.4 Å². The van der Waals surface area contributed by atoms with E-state index in [1.165, 1.54) is 0 Å². The first-order valence-electron chi connectivity index (χ1n) is 3.80. The number of carboxylic acids is 1. The van der Waals surface area contributed by atoms with E-state index in [-0.39, 0.29) is 6.54 Å². The van der Waals surface area contributed by atoms with Gasteiger partial charge in [0, 0.05) is 19.6 Å². The molecule has 0 spiro atoms. The van der Waals surface area contributed by atoms with Gasteiger partial charge in [0.05, 0.1) is 12.6 Å². The van der Waals surface area contributed by atoms with Crippen LogP contribution in [0.25, 0.3) is 0 Å². The van der Waals surface area contributed by atoms with Crippen LogP contribution in [0, 0.1) is 11.3 Å². The van der Waals surface area contributed by atoms with Gasteiger partial charge in [0.2, 0.25) is 0 Å². The standard InChI is InChI=1S/C7H11N3O2/c8-1-3-10-4-2-9-5-6(10)7(11)12/h6,9H,2-5H2,(H,11,12). The summed E-state index contributed by atoms with van der Waals surface area (Å²) in [6, 6.07) is 1.41. The highest BCUT2D eigenvalue weighted by Crippen LogP contribution is 2.01. The molecule has 12 heavy (non-hydrogen) atoms. The van der Waals surface area contributed by atoms with Gasteiger partial charge in [-0.25, -0.2) is 0 Å². The van der Waals surface area contributed by atoms with Crippen LogP contribution in [0.4, 0.5) is 0 Å². The van der Waals surface area contributed by atoms with E-state index in [0.29, 0.717) is 13.1 Å². The molecule has 1 heterocycles. The first kappa shape index (κ1) is 8.97. The van der Waals surface area contributed by atoms with E-state index in [4.69, 9.17) is 10.4 Å². The minimum absolute atomic E-state index is 0.193. The molecule has 1 unspecified atom stereocenters. The van der Waals surface area contributed by atoms with Crippen LogP contribution in [0.3, 0.4) is 0 Å². The van der Waals surface area contributed by atoms with Crippen molar-refractivity contribution in [1.82, 2.24) is 10.2 Å². The van der Waals surface area contributed by atoms with E-state index in [1.54, 1.807) is 4.90 Å². The lowest BCUT2D eigenvalue weighted by atomic mass is 10.2. The van der Waals surface area contributed by atoms with Crippen molar-refractivity contribution in [1.29, 1.82) is 5.26 Å². The number of hydrogen-bond acceptors (Lipinski definition) is 4. The predicted octanol–water partition coefficient (Wildman–Crippen LogP) is -1.13. The Morgan fingerprint density at radius 3 is 3.17 bits per heavy atom. The predicted molar refractivity (Wildman–Crippen MR) is 41.5 cm³/mol. The third-order valence-corrected chi connectivity index (χ3v) is 1.91. The molecular formula is C7H11N3O2. The van der Waals surface area contributed by atoms with Crippen LogP contribution in [-0.4, -0.2) is 48.2 Å². The first-order chi connectivity index (χ1) is 5.75. The Bertz CT molecular complexity index is 211. The largest absolute Gasteiger partial charge is 0.480 e. The number of nitrogens with zero attached hydrogens (tertiary/aromatic N) is 2. The number of hydrogen-bond donors (Lipinski definition) is 2. The zero-order chi connectivity index (χ0) is 8.97. The van der Waals surface area contributed by atoms with Crippen molar-refractivity contribution in [3.05, 3.63) is 0 Å². The minimum atomic E-state index is -0.863. The molecule has 0 aromatic carbocycles. The molecule has 0 radical (unpaired) electrons. The minimum Gasteiger partial charge on any atom is -0.480 e. The molecule has 1 aliphatic rings. The maximum atomic E-state index is 10.6. The SMILES string of the molecule is N#CCN1CCNCC1C(=O)O. The number of piperazine rings is 1. The number of rotatable bonds is 2. The van der Waals surface area contributed by atoms with E-state index in [0.717, 1.165) is 6.54 Å². The molecule has 1 aliphatic heterocycles. The maximum Gasteiger partial charge on any atom is 0.322 e. The molecule has 5 nitrogen and oxygen atoms in total. The van der Waals surface area contributed by atoms with Crippen LogP contribution in [0.5, 0.6) is 0 Å². The average molecular weight is 169 g/mol. The van der Waals surface area contributed by atoms with Crippen LogP contribution in [0.2, 0.25) is 0 Å². The molecule has 1 rings (SSSR count). The molecule has 0 aliphatic carbocycles. The Hall–Kier alpha value is -1.12. The normalized spacial score (nSPS) is 24.8. The molecule has 0 aromatic rings. The van der Waals surface area contributed by atoms with E-state index in [2.05, 4.69) is 5.32 Å². The highest BCUT2D eigenvalue weighted by molar-refractivity contribution is 5.74. The molecule has 5 heteroatoms. The summed E-state index contributed by atoms with van der Waals surface area (Å²) in [4.78, 5) is 12.3. The van der Waals surface area contributed by atoms with Gasteiger partial charge in [0.1, 0.15) is 6.04 Å². The Morgan fingerprint density at radius 1 is 1.83 bits per heavy atom. The van der Waals surface area contributed by atoms with Gasteiger partial charge >= 0.3 is 5.97 Å². The quantitative estimate of drug-likeness (QED) is 0.511. The van der Waals surface area contributed by atoms with E-state index >= 15 is 0 Å². The molecule has 1 atom stereocenters. The lowest BCUT2D eigenvalue weighted by molar-refractivity contribution is -0.143. The summed E-state index contributed by atoms with van der Waals surface area (Å²) >= 11 is 0. The summed E-state index contributed by atoms with van der Waals surface area (Å²) < 4.78 is 0. The number of nitriles is 1. The van der Waals surface area contributed by atoms with Gasteiger partial charge in [-0.05, 0) is 0 Å². The van der Waals surface area contributed by atoms with Crippen molar-refractivity contribution in [3.63, 3.8) is 0 Å². The smallest absolute Gasteiger partial charge is 0.322 e. The van der Waals surface area contributed by atoms with Crippen molar-refractivity contribution in [2.24, 2.45) is 0 Å². The van der Waals surface area contributed by atoms with Crippen molar-refractivity contribution < 1.29 is 9.90 Å². The van der Waals surface area contributed by atoms with E-state index in [9.17, 15) is 4.79 Å². The molecule has 0 saturated carbocycles. The van der Waals surface area contributed by atoms with Gasteiger partial charge in [-0.1, -0.05) is 0 Å². The van der Waals surface area contributed by atoms with E-state index < -0.39 is 12.0 Å². The Kier molecular flexibility index (Phi) is 3.02. The van der Waals surface area contributed by atoms with Crippen LogP contribution in [0.15, 0.2) is 0 Å². The monoisotopic (exact) mass is 169 g/mol. The van der Waals surface area contributed by atoms with Crippen LogP contribution in [-0.2, 0) is 4.79 Å². The zero-order valence-corrected chi connectivity index (χ0v) is 6.66. The summed E-state index contributed by atoms with van der Waals surface area (Å²) in [6.45, 7) is 2.01. The molecule has 0 bridgehead atoms. The average Bonchev–Trinajstić information content (AvgIpc) is 2.05. The van der Waals surface area contributed by atoms with Crippen molar-refractivity contribution in [2.75, 3.05) is 26.2 Å². The zero-order valence-electron chi connectivity index (χ0n) is 6.66. The van der Waals surface area contributed by atoms with E-state index in [1.807, 2.05) is 6.07 Å². The highest BCUT2D eigenvalue weighted by atomic mass is 16.4. The van der Waals surface area contributed by atoms with Gasteiger partial charge in [0.15, 0.2) is 0 Å². The molecular weight excluding hydrogens is 158 g/mol. The summed E-state index contributed by atoms with van der Waals surface area (Å²) in [5.74, 6) is -0.863. The Morgan fingerprint density at radius 2 is 2.58 bits per heavy atom. The first-order valence-corrected chi connectivity index (χ1v) is 3.80. The molecule has 1 fully saturated rings. The molecule has 1 saturated heterocycles. The van der Waals surface area contributed by atoms with Crippen molar-refractivity contribution in [2.45, 2.75) is 6.04 Å². The molecule has 66 valence electrons. The lowest BCUT2D eigenvalue weighted by Crippen LogP contribution is -2.54. The van der Waals surface area contributed by atoms with Crippen molar-refractivity contribution >= 4 is 5.97 Å². The van der Waals surface area contributed by atoms with Gasteiger partial charge in [-0.3, -0.25) is 9.69 Å². The third kappa shape index (κ3) is 1.94. The fourth-order valence-corrected chi connectivity index (χ4v) is 1.27. The highest BCUT2D eigenvalue weighted by Gasteiger charge is 2.27. The number of aliphatic carboxylic acids is 1. The summed E-state index contributed by atoms with van der Waals surface area (Å²) in [5.41, 5.74) is 0. The molecule has 0 aromatic heterocycles. The van der Waals surface area contributed by atoms with Crippen molar-refractivity contribution in [3.8, 4) is 6.07 Å². The molecule has 2 N–H and O–H groups in total. The number of carbonyl (C=O) groups is 1. The van der Waals surface area contributed by atoms with Gasteiger partial charge in [-0.2, -0.15) is 5.26 Å². The second-order valence-corrected chi connectivity index (χ2v) is 2.69. The van der Waals surface area contributed by atoms with Crippen LogP contribution in [0.1, 0.15) is 0 Å². The van der Waals surface area contributed by atoms with Crippen LogP contribution >= 0.6 is 0 Å². The maximum absolute atomic E-state index is 10.6. The van der Waals surface area contributed by atoms with Crippen LogP contribution < -0.4 is 5.32 Å². The second-order valence-electron chi connectivity index (χ2n) is 2.69. The van der Waals surface area contributed by atoms with Gasteiger partial charge < -0.3 is 10.4 Å². The third-order valence-electron chi connectivity index (χ3n) is 1.91. The molecule has 0 amide bonds. The lowest BCUT2D eigenvalue weighted by Gasteiger charge is -2.31. The summed E-state index contributed by atoms with van der Waals surface area (Å²) in [5, 5.41) is 20.1. The fourth-order valence-electron chi connectivity index (χ4n) is 1.27. The number of nitrogens with one attached hydrogen (secondary N) is 1. The number of carboxylic acid groups (broad SMARTS) is 1. The Balaban J connectivity index is 2.55. The fraction of sp³-hybridized carbons (Fsp3) is 0.714. The van der Waals surface area contributed by atoms with Gasteiger partial charge in [-0.15, -0.1) is 0 Å². The summed E-state index contributed by atoms with van der Waals surface area (Å²) in [6.07, 6.45) is 0.